The van der Waals surface area contributed by atoms with Gasteiger partial charge in [0.1, 0.15) is 17.1 Å². The van der Waals surface area contributed by atoms with Crippen LogP contribution in [0.25, 0.3) is 10.2 Å². The number of fused-ring (bicyclic) bond motifs is 1. The van der Waals surface area contributed by atoms with E-state index in [-0.39, 0.29) is 18.3 Å². The summed E-state index contributed by atoms with van der Waals surface area (Å²) in [6.45, 7) is 3.23. The van der Waals surface area contributed by atoms with Gasteiger partial charge in [0.15, 0.2) is 11.7 Å². The van der Waals surface area contributed by atoms with E-state index in [1.54, 1.807) is 11.0 Å². The number of hydrogen-bond acceptors (Lipinski definition) is 5. The highest BCUT2D eigenvalue weighted by atomic mass is 32.1. The van der Waals surface area contributed by atoms with Crippen molar-refractivity contribution < 1.29 is 13.9 Å². The van der Waals surface area contributed by atoms with Crippen LogP contribution in [0.3, 0.4) is 0 Å². The number of anilines is 1. The van der Waals surface area contributed by atoms with Crippen LogP contribution < -0.4 is 9.64 Å². The third kappa shape index (κ3) is 5.05. The molecule has 0 saturated heterocycles. The first-order valence-corrected chi connectivity index (χ1v) is 9.95. The second kappa shape index (κ2) is 9.12. The van der Waals surface area contributed by atoms with Crippen molar-refractivity contribution in [2.45, 2.75) is 13.3 Å². The Kier molecular flexibility index (Phi) is 6.59. The Morgan fingerprint density at radius 2 is 1.89 bits per heavy atom. The second-order valence-electron chi connectivity index (χ2n) is 6.89. The van der Waals surface area contributed by atoms with Crippen LogP contribution in [0.15, 0.2) is 42.5 Å². The lowest BCUT2D eigenvalue weighted by atomic mass is 10.2. The Hall–Kier alpha value is -2.51. The number of halogens is 1. The van der Waals surface area contributed by atoms with Gasteiger partial charge >= 0.3 is 0 Å². The molecule has 2 aromatic carbocycles. The zero-order valence-electron chi connectivity index (χ0n) is 16.3. The molecule has 1 aromatic heterocycles. The zero-order chi connectivity index (χ0) is 20.1. The van der Waals surface area contributed by atoms with E-state index >= 15 is 0 Å². The van der Waals surface area contributed by atoms with Gasteiger partial charge in [-0.05, 0) is 58.3 Å². The van der Waals surface area contributed by atoms with E-state index in [9.17, 15) is 9.18 Å². The highest BCUT2D eigenvalue weighted by Crippen LogP contribution is 2.30. The molecule has 3 aromatic rings. The number of benzene rings is 2. The molecule has 0 bridgehead atoms. The van der Waals surface area contributed by atoms with Crippen molar-refractivity contribution in [1.82, 2.24) is 9.88 Å². The van der Waals surface area contributed by atoms with Crippen LogP contribution in [0.2, 0.25) is 0 Å². The van der Waals surface area contributed by atoms with Crippen molar-refractivity contribution in [2.24, 2.45) is 0 Å². The quantitative estimate of drug-likeness (QED) is 0.570. The molecule has 0 radical (unpaired) electrons. The predicted molar refractivity (Wildman–Crippen MR) is 112 cm³/mol. The topological polar surface area (TPSA) is 45.7 Å². The molecule has 148 valence electrons. The highest BCUT2D eigenvalue weighted by Gasteiger charge is 2.21. The van der Waals surface area contributed by atoms with Crippen LogP contribution >= 0.6 is 11.3 Å². The molecule has 0 saturated carbocycles. The molecular formula is C21H24FN3O2S. The summed E-state index contributed by atoms with van der Waals surface area (Å²) >= 11 is 1.32. The molecular weight excluding hydrogens is 377 g/mol. The molecule has 0 aliphatic rings. The van der Waals surface area contributed by atoms with Gasteiger partial charge in [-0.2, -0.15) is 0 Å². The van der Waals surface area contributed by atoms with Crippen LogP contribution in [-0.2, 0) is 4.79 Å². The number of amides is 1. The number of nitrogens with zero attached hydrogens (tertiary/aromatic N) is 3. The number of para-hydroxylation sites is 1. The van der Waals surface area contributed by atoms with E-state index in [1.807, 2.05) is 51.4 Å². The molecule has 0 aliphatic heterocycles. The lowest BCUT2D eigenvalue weighted by Crippen LogP contribution is -2.36. The minimum atomic E-state index is -0.378. The summed E-state index contributed by atoms with van der Waals surface area (Å²) in [7, 11) is 3.97. The van der Waals surface area contributed by atoms with Crippen molar-refractivity contribution in [2.75, 3.05) is 38.7 Å². The standard InChI is InChI=1S/C21H24FN3O2S/c1-15-8-10-16(11-9-15)27-14-19(26)25(13-5-12-24(2)3)21-23-20-17(22)6-4-7-18(20)28-21/h4,6-11H,5,12-14H2,1-3H3. The van der Waals surface area contributed by atoms with E-state index in [2.05, 4.69) is 9.88 Å². The Morgan fingerprint density at radius 3 is 2.57 bits per heavy atom. The number of aryl methyl sites for hydroxylation is 1. The number of aromatic nitrogens is 1. The number of ether oxygens (including phenoxy) is 1. The molecule has 0 N–H and O–H groups in total. The SMILES string of the molecule is Cc1ccc(OCC(=O)N(CCCN(C)C)c2nc3c(F)cccc3s2)cc1. The molecule has 0 fully saturated rings. The maximum atomic E-state index is 14.0. The molecule has 0 aliphatic carbocycles. The first-order chi connectivity index (χ1) is 13.4. The fourth-order valence-electron chi connectivity index (χ4n) is 2.75. The van der Waals surface area contributed by atoms with Crippen LogP contribution in [0.1, 0.15) is 12.0 Å². The summed E-state index contributed by atoms with van der Waals surface area (Å²) in [5.74, 6) is 0.0675. The van der Waals surface area contributed by atoms with E-state index < -0.39 is 0 Å². The maximum absolute atomic E-state index is 14.0. The molecule has 0 atom stereocenters. The van der Waals surface area contributed by atoms with Gasteiger partial charge in [-0.25, -0.2) is 9.37 Å². The monoisotopic (exact) mass is 401 g/mol. The summed E-state index contributed by atoms with van der Waals surface area (Å²) in [4.78, 5) is 20.9. The van der Waals surface area contributed by atoms with Crippen LogP contribution in [-0.4, -0.2) is 49.6 Å². The van der Waals surface area contributed by atoms with E-state index in [0.29, 0.717) is 22.9 Å². The number of carbonyl (C=O) groups excluding carboxylic acids is 1. The zero-order valence-corrected chi connectivity index (χ0v) is 17.1. The number of rotatable bonds is 8. The third-order valence-electron chi connectivity index (χ3n) is 4.26. The average Bonchev–Trinajstić information content (AvgIpc) is 3.09. The largest absolute Gasteiger partial charge is 0.484 e. The van der Waals surface area contributed by atoms with Gasteiger partial charge in [-0.15, -0.1) is 0 Å². The van der Waals surface area contributed by atoms with E-state index in [4.69, 9.17) is 4.74 Å². The molecule has 28 heavy (non-hydrogen) atoms. The smallest absolute Gasteiger partial charge is 0.266 e. The summed E-state index contributed by atoms with van der Waals surface area (Å²) < 4.78 is 20.4. The molecule has 0 spiro atoms. The Labute approximate surface area is 168 Å². The molecule has 3 rings (SSSR count). The fourth-order valence-corrected chi connectivity index (χ4v) is 3.77. The normalized spacial score (nSPS) is 11.2. The number of hydrogen-bond donors (Lipinski definition) is 0. The lowest BCUT2D eigenvalue weighted by Gasteiger charge is -2.21. The van der Waals surface area contributed by atoms with Crippen molar-refractivity contribution >= 4 is 32.6 Å². The third-order valence-corrected chi connectivity index (χ3v) is 5.30. The van der Waals surface area contributed by atoms with Gasteiger partial charge < -0.3 is 9.64 Å². The van der Waals surface area contributed by atoms with Gasteiger partial charge in [-0.1, -0.05) is 35.1 Å². The summed E-state index contributed by atoms with van der Waals surface area (Å²) in [6.07, 6.45) is 0.779. The van der Waals surface area contributed by atoms with Gasteiger partial charge in [0.2, 0.25) is 0 Å². The van der Waals surface area contributed by atoms with Crippen molar-refractivity contribution in [3.63, 3.8) is 0 Å². The number of thiazole rings is 1. The van der Waals surface area contributed by atoms with Crippen molar-refractivity contribution in [3.05, 3.63) is 53.8 Å². The van der Waals surface area contributed by atoms with Crippen LogP contribution in [0.4, 0.5) is 9.52 Å². The molecule has 7 heteroatoms. The Balaban J connectivity index is 1.77. The second-order valence-corrected chi connectivity index (χ2v) is 7.90. The molecule has 5 nitrogen and oxygen atoms in total. The summed E-state index contributed by atoms with van der Waals surface area (Å²) in [5, 5.41) is 0.497. The van der Waals surface area contributed by atoms with Gasteiger partial charge in [0.25, 0.3) is 5.91 Å². The van der Waals surface area contributed by atoms with Crippen molar-refractivity contribution in [1.29, 1.82) is 0 Å². The molecule has 1 heterocycles. The first-order valence-electron chi connectivity index (χ1n) is 9.13. The van der Waals surface area contributed by atoms with Crippen LogP contribution in [0.5, 0.6) is 5.75 Å². The Bertz CT molecular complexity index is 940. The average molecular weight is 402 g/mol. The van der Waals surface area contributed by atoms with Gasteiger partial charge in [0, 0.05) is 6.54 Å². The Morgan fingerprint density at radius 1 is 1.14 bits per heavy atom. The van der Waals surface area contributed by atoms with Gasteiger partial charge in [0.05, 0.1) is 4.70 Å². The van der Waals surface area contributed by atoms with E-state index in [0.717, 1.165) is 23.2 Å². The first kappa shape index (κ1) is 20.2. The maximum Gasteiger partial charge on any atom is 0.266 e. The summed E-state index contributed by atoms with van der Waals surface area (Å²) in [5.41, 5.74) is 1.42. The molecule has 0 unspecified atom stereocenters. The molecule has 1 amide bonds. The van der Waals surface area contributed by atoms with Gasteiger partial charge in [-0.3, -0.25) is 9.69 Å². The minimum absolute atomic E-state index is 0.0938. The van der Waals surface area contributed by atoms with E-state index in [1.165, 1.54) is 17.4 Å². The van der Waals surface area contributed by atoms with Crippen molar-refractivity contribution in [3.8, 4) is 5.75 Å². The number of carbonyl (C=O) groups is 1. The fraction of sp³-hybridized carbons (Fsp3) is 0.333. The van der Waals surface area contributed by atoms with Crippen LogP contribution in [0, 0.1) is 12.7 Å². The highest BCUT2D eigenvalue weighted by molar-refractivity contribution is 7.22. The lowest BCUT2D eigenvalue weighted by molar-refractivity contribution is -0.120. The summed E-state index contributed by atoms with van der Waals surface area (Å²) in [6, 6.07) is 12.4. The predicted octanol–water partition coefficient (Wildman–Crippen LogP) is 4.11. The minimum Gasteiger partial charge on any atom is -0.484 e.